The molecule has 0 unspecified atom stereocenters. The molecule has 0 saturated carbocycles. The maximum atomic E-state index is 12.3. The third-order valence-electron chi connectivity index (χ3n) is 1.26. The van der Waals surface area contributed by atoms with Crippen LogP contribution in [0.3, 0.4) is 0 Å². The summed E-state index contributed by atoms with van der Waals surface area (Å²) in [7, 11) is 0. The highest BCUT2D eigenvalue weighted by atomic mass is 19.4. The molecule has 0 fully saturated rings. The molecule has 0 bridgehead atoms. The first-order valence-electron chi connectivity index (χ1n) is 3.16. The van der Waals surface area contributed by atoms with E-state index < -0.39 is 29.7 Å². The van der Waals surface area contributed by atoms with E-state index in [-0.39, 0.29) is 0 Å². The van der Waals surface area contributed by atoms with Crippen LogP contribution in [0.5, 0.6) is 0 Å². The maximum absolute atomic E-state index is 12.3. The number of urea groups is 1. The van der Waals surface area contributed by atoms with Gasteiger partial charge in [0.05, 0.1) is 0 Å². The Bertz CT molecular complexity index is 202. The van der Waals surface area contributed by atoms with Crippen molar-refractivity contribution in [3.05, 3.63) is 0 Å². The molecule has 0 atom stereocenters. The monoisotopic (exact) mass is 206 g/mol. The number of carbonyl (C=O) groups excluding carboxylic acids is 1. The van der Waals surface area contributed by atoms with Crippen LogP contribution in [-0.4, -0.2) is 29.7 Å². The fourth-order valence-electron chi connectivity index (χ4n) is 0.646. The van der Waals surface area contributed by atoms with E-state index in [9.17, 15) is 26.7 Å². The van der Waals surface area contributed by atoms with E-state index >= 15 is 0 Å². The molecular formula is C5H7F5N2O. The summed E-state index contributed by atoms with van der Waals surface area (Å²) in [5, 5.41) is 0. The van der Waals surface area contributed by atoms with E-state index in [1.54, 1.807) is 0 Å². The lowest BCUT2D eigenvalue weighted by Gasteiger charge is -2.29. The first-order valence-corrected chi connectivity index (χ1v) is 3.16. The van der Waals surface area contributed by atoms with Gasteiger partial charge in [-0.15, -0.1) is 0 Å². The van der Waals surface area contributed by atoms with E-state index in [0.717, 1.165) is 6.92 Å². The van der Waals surface area contributed by atoms with Crippen LogP contribution in [0.15, 0.2) is 0 Å². The van der Waals surface area contributed by atoms with Gasteiger partial charge in [0.15, 0.2) is 0 Å². The van der Waals surface area contributed by atoms with Gasteiger partial charge in [0.1, 0.15) is 0 Å². The molecule has 0 aromatic heterocycles. The molecule has 2 N–H and O–H groups in total. The molecule has 13 heavy (non-hydrogen) atoms. The van der Waals surface area contributed by atoms with Crippen molar-refractivity contribution in [2.24, 2.45) is 5.73 Å². The summed E-state index contributed by atoms with van der Waals surface area (Å²) >= 11 is 0. The maximum Gasteiger partial charge on any atom is 0.475 e. The van der Waals surface area contributed by atoms with E-state index in [4.69, 9.17) is 0 Å². The summed E-state index contributed by atoms with van der Waals surface area (Å²) in [6.45, 7) is 0.145. The first kappa shape index (κ1) is 11.9. The number of hydrogen-bond donors (Lipinski definition) is 1. The lowest BCUT2D eigenvalue weighted by atomic mass is 10.4. The molecule has 8 heteroatoms. The van der Waals surface area contributed by atoms with E-state index in [1.807, 2.05) is 0 Å². The van der Waals surface area contributed by atoms with Crippen LogP contribution in [-0.2, 0) is 0 Å². The van der Waals surface area contributed by atoms with Crippen molar-refractivity contribution in [2.75, 3.05) is 6.54 Å². The van der Waals surface area contributed by atoms with Crippen LogP contribution in [0.4, 0.5) is 26.7 Å². The molecule has 0 radical (unpaired) electrons. The molecule has 0 aromatic carbocycles. The highest BCUT2D eigenvalue weighted by Crippen LogP contribution is 2.37. The summed E-state index contributed by atoms with van der Waals surface area (Å²) in [5.41, 5.74) is 4.34. The minimum Gasteiger partial charge on any atom is -0.351 e. The van der Waals surface area contributed by atoms with E-state index in [0.29, 0.717) is 0 Å². The average molecular weight is 206 g/mol. The fourth-order valence-corrected chi connectivity index (χ4v) is 0.646. The Kier molecular flexibility index (Phi) is 3.07. The smallest absolute Gasteiger partial charge is 0.351 e. The predicted octanol–water partition coefficient (Wildman–Crippen LogP) is 1.54. The van der Waals surface area contributed by atoms with Crippen molar-refractivity contribution in [2.45, 2.75) is 19.1 Å². The molecule has 78 valence electrons. The zero-order valence-corrected chi connectivity index (χ0v) is 6.53. The predicted molar refractivity (Wildman–Crippen MR) is 33.0 cm³/mol. The third kappa shape index (κ3) is 2.19. The minimum atomic E-state index is -5.81. The summed E-state index contributed by atoms with van der Waals surface area (Å²) in [5.74, 6) is 0. The molecule has 0 aliphatic heterocycles. The summed E-state index contributed by atoms with van der Waals surface area (Å²) in [6.07, 6.45) is -5.81. The molecule has 3 nitrogen and oxygen atoms in total. The molecule has 0 heterocycles. The zero-order valence-electron chi connectivity index (χ0n) is 6.53. The third-order valence-corrected chi connectivity index (χ3v) is 1.26. The Morgan fingerprint density at radius 1 is 1.31 bits per heavy atom. The van der Waals surface area contributed by atoms with E-state index in [2.05, 4.69) is 5.73 Å². The number of halogens is 5. The van der Waals surface area contributed by atoms with Gasteiger partial charge in [-0.3, -0.25) is 4.90 Å². The van der Waals surface area contributed by atoms with Gasteiger partial charge in [0.25, 0.3) is 0 Å². The average Bonchev–Trinajstić information content (AvgIpc) is 1.83. The van der Waals surface area contributed by atoms with Crippen LogP contribution in [0.25, 0.3) is 0 Å². The topological polar surface area (TPSA) is 46.3 Å². The highest BCUT2D eigenvalue weighted by Gasteiger charge is 2.62. The van der Waals surface area contributed by atoms with Crippen molar-refractivity contribution in [3.63, 3.8) is 0 Å². The van der Waals surface area contributed by atoms with Gasteiger partial charge in [-0.1, -0.05) is 0 Å². The number of alkyl halides is 5. The number of rotatable bonds is 2. The second-order valence-electron chi connectivity index (χ2n) is 2.12. The number of amides is 2. The Balaban J connectivity index is 4.89. The van der Waals surface area contributed by atoms with Gasteiger partial charge in [-0.05, 0) is 6.92 Å². The zero-order chi connectivity index (χ0) is 10.9. The van der Waals surface area contributed by atoms with Gasteiger partial charge < -0.3 is 5.73 Å². The van der Waals surface area contributed by atoms with Gasteiger partial charge >= 0.3 is 18.3 Å². The second kappa shape index (κ2) is 3.35. The molecular weight excluding hydrogens is 199 g/mol. The van der Waals surface area contributed by atoms with Gasteiger partial charge in [-0.2, -0.15) is 22.0 Å². The molecule has 0 rings (SSSR count). The Labute approximate surface area is 70.3 Å². The summed E-state index contributed by atoms with van der Waals surface area (Å²) < 4.78 is 59.6. The van der Waals surface area contributed by atoms with Gasteiger partial charge in [0.2, 0.25) is 0 Å². The lowest BCUT2D eigenvalue weighted by molar-refractivity contribution is -0.328. The number of nitrogens with two attached hydrogens (primary N) is 1. The SMILES string of the molecule is CCN(C(N)=O)C(F)(F)C(F)(F)F. The number of nitrogens with zero attached hydrogens (tertiary/aromatic N) is 1. The Hall–Kier alpha value is -1.08. The van der Waals surface area contributed by atoms with Crippen molar-refractivity contribution < 1.29 is 26.7 Å². The standard InChI is InChI=1S/C5H7F5N2O/c1-2-12(3(11)13)5(9,10)4(6,7)8/h2H2,1H3,(H2,11,13). The minimum absolute atomic E-state index is 0.757. The first-order chi connectivity index (χ1) is 5.64. The Morgan fingerprint density at radius 3 is 1.77 bits per heavy atom. The molecule has 0 saturated heterocycles. The molecule has 2 amide bonds. The Morgan fingerprint density at radius 2 is 1.69 bits per heavy atom. The normalized spacial score (nSPS) is 12.8. The van der Waals surface area contributed by atoms with Crippen LogP contribution in [0.2, 0.25) is 0 Å². The quantitative estimate of drug-likeness (QED) is 0.540. The molecule has 0 aromatic rings. The van der Waals surface area contributed by atoms with Crippen LogP contribution in [0, 0.1) is 0 Å². The molecule has 0 aliphatic rings. The van der Waals surface area contributed by atoms with Crippen molar-refractivity contribution in [1.82, 2.24) is 4.90 Å². The fraction of sp³-hybridized carbons (Fsp3) is 0.800. The lowest BCUT2D eigenvalue weighted by Crippen LogP contribution is -2.56. The van der Waals surface area contributed by atoms with Crippen molar-refractivity contribution >= 4 is 6.03 Å². The molecule has 0 aliphatic carbocycles. The number of carbonyl (C=O) groups is 1. The van der Waals surface area contributed by atoms with Gasteiger partial charge in [0, 0.05) is 6.54 Å². The second-order valence-corrected chi connectivity index (χ2v) is 2.12. The number of hydrogen-bond acceptors (Lipinski definition) is 1. The van der Waals surface area contributed by atoms with Crippen molar-refractivity contribution in [1.29, 1.82) is 0 Å². The summed E-state index contributed by atoms with van der Waals surface area (Å²) in [4.78, 5) is 9.44. The highest BCUT2D eigenvalue weighted by molar-refractivity contribution is 5.72. The number of primary amides is 1. The van der Waals surface area contributed by atoms with Crippen molar-refractivity contribution in [3.8, 4) is 0 Å². The molecule has 0 spiro atoms. The van der Waals surface area contributed by atoms with Crippen LogP contribution < -0.4 is 5.73 Å². The van der Waals surface area contributed by atoms with E-state index in [1.165, 1.54) is 0 Å². The summed E-state index contributed by atoms with van der Waals surface area (Å²) in [6, 6.07) is -7.03. The van der Waals surface area contributed by atoms with Crippen LogP contribution in [0.1, 0.15) is 6.92 Å². The van der Waals surface area contributed by atoms with Crippen LogP contribution >= 0.6 is 0 Å². The largest absolute Gasteiger partial charge is 0.475 e. The van der Waals surface area contributed by atoms with Gasteiger partial charge in [-0.25, -0.2) is 4.79 Å².